The van der Waals surface area contributed by atoms with Gasteiger partial charge in [0, 0.05) is 48.5 Å². The van der Waals surface area contributed by atoms with Crippen molar-refractivity contribution in [1.29, 1.82) is 5.26 Å². The van der Waals surface area contributed by atoms with Gasteiger partial charge in [0.05, 0.1) is 20.3 Å². The Morgan fingerprint density at radius 1 is 1.11 bits per heavy atom. The monoisotopic (exact) mass is 500 g/mol. The summed E-state index contributed by atoms with van der Waals surface area (Å²) in [6.45, 7) is 0.338. The zero-order chi connectivity index (χ0) is 26.4. The molecule has 0 aliphatic heterocycles. The van der Waals surface area contributed by atoms with Crippen molar-refractivity contribution in [3.8, 4) is 17.6 Å². The van der Waals surface area contributed by atoms with Gasteiger partial charge in [-0.2, -0.15) is 10.2 Å². The van der Waals surface area contributed by atoms with Crippen LogP contribution in [0.1, 0.15) is 22.3 Å². The highest BCUT2D eigenvalue weighted by Gasteiger charge is 2.20. The number of carbonyl (C=O) groups excluding carboxylic acids is 2. The highest BCUT2D eigenvalue weighted by molar-refractivity contribution is 6.04. The summed E-state index contributed by atoms with van der Waals surface area (Å²) >= 11 is 0. The molecule has 0 aliphatic carbocycles. The lowest BCUT2D eigenvalue weighted by atomic mass is 10.2. The number of primary amides is 1. The van der Waals surface area contributed by atoms with E-state index in [1.807, 2.05) is 12.1 Å². The molecule has 2 aromatic heterocycles. The van der Waals surface area contributed by atoms with Gasteiger partial charge in [-0.3, -0.25) is 14.0 Å². The fourth-order valence-corrected chi connectivity index (χ4v) is 3.66. The maximum absolute atomic E-state index is 12.4. The molecule has 4 aromatic rings. The van der Waals surface area contributed by atoms with Crippen molar-refractivity contribution in [3.05, 3.63) is 66.0 Å². The lowest BCUT2D eigenvalue weighted by Crippen LogP contribution is -2.18. The minimum absolute atomic E-state index is 0.111. The van der Waals surface area contributed by atoms with Crippen molar-refractivity contribution in [3.63, 3.8) is 0 Å². The van der Waals surface area contributed by atoms with Gasteiger partial charge in [-0.15, -0.1) is 0 Å². The van der Waals surface area contributed by atoms with Crippen molar-refractivity contribution < 1.29 is 19.1 Å². The van der Waals surface area contributed by atoms with Gasteiger partial charge >= 0.3 is 0 Å². The summed E-state index contributed by atoms with van der Waals surface area (Å²) in [6.07, 6.45) is 2.97. The predicted molar refractivity (Wildman–Crippen MR) is 137 cm³/mol. The molecule has 0 unspecified atom stereocenters. The summed E-state index contributed by atoms with van der Waals surface area (Å²) < 4.78 is 12.3. The van der Waals surface area contributed by atoms with Crippen LogP contribution in [0.5, 0.6) is 11.5 Å². The normalized spacial score (nSPS) is 10.4. The van der Waals surface area contributed by atoms with E-state index in [0.717, 1.165) is 5.56 Å². The van der Waals surface area contributed by atoms with Gasteiger partial charge in [0.15, 0.2) is 11.5 Å². The molecular formula is C25H24N8O4. The fourth-order valence-electron chi connectivity index (χ4n) is 3.66. The highest BCUT2D eigenvalue weighted by atomic mass is 16.5. The van der Waals surface area contributed by atoms with E-state index in [4.69, 9.17) is 20.5 Å². The van der Waals surface area contributed by atoms with Gasteiger partial charge in [-0.05, 0) is 17.7 Å². The zero-order valence-corrected chi connectivity index (χ0v) is 20.1. The minimum Gasteiger partial charge on any atom is -0.497 e. The molecule has 4 rings (SSSR count). The maximum atomic E-state index is 12.4. The van der Waals surface area contributed by atoms with E-state index in [9.17, 15) is 9.59 Å². The van der Waals surface area contributed by atoms with Gasteiger partial charge in [0.1, 0.15) is 23.5 Å². The molecule has 0 spiro atoms. The number of hydrogen-bond donors (Lipinski definition) is 4. The molecule has 0 radical (unpaired) electrons. The lowest BCUT2D eigenvalue weighted by Gasteiger charge is -2.16. The van der Waals surface area contributed by atoms with Crippen molar-refractivity contribution in [1.82, 2.24) is 14.4 Å². The molecule has 0 saturated heterocycles. The minimum atomic E-state index is -0.701. The molecule has 0 bridgehead atoms. The molecule has 2 heterocycles. The second-order valence-electron chi connectivity index (χ2n) is 7.81. The summed E-state index contributed by atoms with van der Waals surface area (Å²) in [5.41, 5.74) is 8.11. The van der Waals surface area contributed by atoms with Crippen molar-refractivity contribution in [2.75, 3.05) is 30.2 Å². The second kappa shape index (κ2) is 11.0. The third kappa shape index (κ3) is 5.68. The van der Waals surface area contributed by atoms with Crippen LogP contribution < -0.4 is 31.2 Å². The number of aromatic nitrogens is 3. The van der Waals surface area contributed by atoms with E-state index >= 15 is 0 Å². The summed E-state index contributed by atoms with van der Waals surface area (Å²) in [6, 6.07) is 14.2. The first-order valence-electron chi connectivity index (χ1n) is 11.1. The Labute approximate surface area is 212 Å². The summed E-state index contributed by atoms with van der Waals surface area (Å²) in [4.78, 5) is 33.1. The molecule has 12 heteroatoms. The average molecular weight is 501 g/mol. The molecule has 2 aromatic carbocycles. The smallest absolute Gasteiger partial charge is 0.256 e. The summed E-state index contributed by atoms with van der Waals surface area (Å²) in [5.74, 6) is 0.596. The number of nitriles is 1. The van der Waals surface area contributed by atoms with Crippen LogP contribution in [-0.4, -0.2) is 40.4 Å². The average Bonchev–Trinajstić information content (AvgIpc) is 3.36. The molecule has 5 N–H and O–H groups in total. The Morgan fingerprint density at radius 2 is 1.86 bits per heavy atom. The quantitative estimate of drug-likeness (QED) is 0.256. The number of ether oxygens (including phenoxy) is 2. The number of rotatable bonds is 10. The number of nitrogens with two attached hydrogens (primary N) is 1. The zero-order valence-electron chi connectivity index (χ0n) is 20.1. The number of hydrogen-bond acceptors (Lipinski definition) is 9. The number of amides is 2. The molecule has 12 nitrogen and oxygen atoms in total. The van der Waals surface area contributed by atoms with E-state index < -0.39 is 5.91 Å². The number of benzene rings is 2. The first kappa shape index (κ1) is 24.8. The molecule has 37 heavy (non-hydrogen) atoms. The molecule has 0 fully saturated rings. The van der Waals surface area contributed by atoms with E-state index in [1.165, 1.54) is 14.2 Å². The first-order valence-corrected chi connectivity index (χ1v) is 11.1. The van der Waals surface area contributed by atoms with E-state index in [2.05, 4.69) is 25.9 Å². The molecular weight excluding hydrogens is 476 g/mol. The number of nitrogens with one attached hydrogen (secondary N) is 3. The van der Waals surface area contributed by atoms with Crippen LogP contribution in [0.2, 0.25) is 0 Å². The van der Waals surface area contributed by atoms with Gasteiger partial charge in [0.25, 0.3) is 5.91 Å². The summed E-state index contributed by atoms with van der Waals surface area (Å²) in [5, 5.41) is 17.7. The van der Waals surface area contributed by atoms with Crippen LogP contribution in [0, 0.1) is 11.3 Å². The molecule has 2 amide bonds. The Balaban J connectivity index is 1.66. The van der Waals surface area contributed by atoms with Crippen LogP contribution in [0.25, 0.3) is 5.65 Å². The first-order chi connectivity index (χ1) is 17.9. The van der Waals surface area contributed by atoms with Gasteiger partial charge in [-0.25, -0.2) is 4.98 Å². The molecule has 188 valence electrons. The largest absolute Gasteiger partial charge is 0.497 e. The van der Waals surface area contributed by atoms with Crippen LogP contribution in [0.4, 0.5) is 23.1 Å². The fraction of sp³-hybridized carbons (Fsp3) is 0.160. The third-order valence-corrected chi connectivity index (χ3v) is 5.31. The Kier molecular flexibility index (Phi) is 7.34. The number of anilines is 4. The number of imidazole rings is 1. The Bertz CT molecular complexity index is 1490. The SMILES string of the molecule is COc1cc(Nc2nc(NCc3cccc(NC(=O)CC#N)c3)n3ccnc3c2C(N)=O)cc(OC)c1. The molecule has 0 atom stereocenters. The number of fused-ring (bicyclic) bond motifs is 1. The van der Waals surface area contributed by atoms with Crippen LogP contribution in [0.15, 0.2) is 54.9 Å². The van der Waals surface area contributed by atoms with E-state index in [0.29, 0.717) is 41.0 Å². The lowest BCUT2D eigenvalue weighted by molar-refractivity contribution is -0.115. The maximum Gasteiger partial charge on any atom is 0.256 e. The second-order valence-corrected chi connectivity index (χ2v) is 7.81. The number of carbonyl (C=O) groups is 2. The Hall–Kier alpha value is -5.31. The van der Waals surface area contributed by atoms with Crippen LogP contribution in [0.3, 0.4) is 0 Å². The van der Waals surface area contributed by atoms with Gasteiger partial charge in [0.2, 0.25) is 11.9 Å². The van der Waals surface area contributed by atoms with Crippen LogP contribution >= 0.6 is 0 Å². The van der Waals surface area contributed by atoms with Crippen molar-refractivity contribution in [2.24, 2.45) is 5.73 Å². The van der Waals surface area contributed by atoms with Gasteiger partial charge in [-0.1, -0.05) is 12.1 Å². The van der Waals surface area contributed by atoms with Crippen molar-refractivity contribution >= 4 is 40.6 Å². The topological polar surface area (TPSA) is 169 Å². The third-order valence-electron chi connectivity index (χ3n) is 5.31. The number of nitrogens with zero attached hydrogens (tertiary/aromatic N) is 4. The standard InChI is InChI=1S/C25H24N8O4/c1-36-18-11-17(12-19(13-18)37-2)31-23-21(22(27)35)24-28-8-9-33(24)25(32-23)29-14-15-4-3-5-16(10-15)30-20(34)6-7-26/h3-5,8-13,31H,6,14H2,1-2H3,(H2,27,35)(H,29,32)(H,30,34). The highest BCUT2D eigenvalue weighted by Crippen LogP contribution is 2.30. The van der Waals surface area contributed by atoms with E-state index in [1.54, 1.807) is 53.2 Å². The van der Waals surface area contributed by atoms with Gasteiger partial charge < -0.3 is 31.2 Å². The number of methoxy groups -OCH3 is 2. The molecule has 0 aliphatic rings. The van der Waals surface area contributed by atoms with E-state index in [-0.39, 0.29) is 23.7 Å². The summed E-state index contributed by atoms with van der Waals surface area (Å²) in [7, 11) is 3.07. The van der Waals surface area contributed by atoms with Crippen LogP contribution in [-0.2, 0) is 11.3 Å². The molecule has 0 saturated carbocycles. The predicted octanol–water partition coefficient (Wildman–Crippen LogP) is 3.05. The Morgan fingerprint density at radius 3 is 2.54 bits per heavy atom. The van der Waals surface area contributed by atoms with Crippen molar-refractivity contribution in [2.45, 2.75) is 13.0 Å².